The van der Waals surface area contributed by atoms with Gasteiger partial charge in [0, 0.05) is 6.61 Å². The number of rotatable bonds is 6. The van der Waals surface area contributed by atoms with Crippen molar-refractivity contribution in [1.82, 2.24) is 0 Å². The Bertz CT molecular complexity index is 587. The number of hydrogen-bond donors (Lipinski definition) is 1. The van der Waals surface area contributed by atoms with Crippen LogP contribution in [0.2, 0.25) is 0 Å². The van der Waals surface area contributed by atoms with E-state index in [0.29, 0.717) is 12.0 Å². The Balaban J connectivity index is 1.53. The molecule has 0 bridgehead atoms. The molecule has 1 N–H and O–H groups in total. The lowest BCUT2D eigenvalue weighted by Gasteiger charge is -2.36. The lowest BCUT2D eigenvalue weighted by Crippen LogP contribution is -2.34. The van der Waals surface area contributed by atoms with Crippen LogP contribution in [0.4, 0.5) is 0 Å². The monoisotopic (exact) mass is 284 g/mol. The van der Waals surface area contributed by atoms with Gasteiger partial charge in [-0.25, -0.2) is 0 Å². The van der Waals surface area contributed by atoms with Crippen LogP contribution < -0.4 is 0 Å². The summed E-state index contributed by atoms with van der Waals surface area (Å²) in [4.78, 5) is 0. The largest absolute Gasteiger partial charge is 0.393 e. The number of aliphatic hydroxyl groups is 1. The molecule has 2 heteroatoms. The van der Waals surface area contributed by atoms with E-state index in [-0.39, 0.29) is 6.10 Å². The van der Waals surface area contributed by atoms with Crippen molar-refractivity contribution in [3.8, 4) is 0 Å². The SMILES string of the molecule is CCOC1CC(CC(O)Cc2ccc3ccccc3c2)C1. The third-order valence-corrected chi connectivity index (χ3v) is 4.49. The maximum Gasteiger partial charge on any atom is 0.0583 e. The first-order valence-corrected chi connectivity index (χ1v) is 8.02. The number of benzene rings is 2. The molecule has 0 saturated heterocycles. The van der Waals surface area contributed by atoms with Gasteiger partial charge >= 0.3 is 0 Å². The van der Waals surface area contributed by atoms with Crippen LogP contribution >= 0.6 is 0 Å². The van der Waals surface area contributed by atoms with Gasteiger partial charge in [-0.2, -0.15) is 0 Å². The van der Waals surface area contributed by atoms with Gasteiger partial charge in [-0.3, -0.25) is 0 Å². The van der Waals surface area contributed by atoms with Crippen molar-refractivity contribution in [3.05, 3.63) is 48.0 Å². The summed E-state index contributed by atoms with van der Waals surface area (Å²) in [6, 6.07) is 14.8. The Morgan fingerprint density at radius 2 is 1.90 bits per heavy atom. The summed E-state index contributed by atoms with van der Waals surface area (Å²) >= 11 is 0. The maximum absolute atomic E-state index is 10.3. The molecule has 112 valence electrons. The molecule has 1 aliphatic rings. The second-order valence-electron chi connectivity index (χ2n) is 6.19. The molecular weight excluding hydrogens is 260 g/mol. The van der Waals surface area contributed by atoms with E-state index in [1.807, 2.05) is 6.92 Å². The molecule has 0 spiro atoms. The van der Waals surface area contributed by atoms with Crippen LogP contribution in [-0.2, 0) is 11.2 Å². The number of fused-ring (bicyclic) bond motifs is 1. The van der Waals surface area contributed by atoms with Gasteiger partial charge in [0.2, 0.25) is 0 Å². The maximum atomic E-state index is 10.3. The zero-order valence-electron chi connectivity index (χ0n) is 12.7. The summed E-state index contributed by atoms with van der Waals surface area (Å²) in [6.07, 6.45) is 4.08. The predicted molar refractivity (Wildman–Crippen MR) is 86.4 cm³/mol. The van der Waals surface area contributed by atoms with Gasteiger partial charge in [0.1, 0.15) is 0 Å². The van der Waals surface area contributed by atoms with E-state index in [9.17, 15) is 5.11 Å². The molecule has 0 aliphatic heterocycles. The second kappa shape index (κ2) is 6.59. The van der Waals surface area contributed by atoms with Crippen molar-refractivity contribution < 1.29 is 9.84 Å². The van der Waals surface area contributed by atoms with Crippen molar-refractivity contribution in [3.63, 3.8) is 0 Å². The van der Waals surface area contributed by atoms with E-state index in [1.165, 1.54) is 16.3 Å². The second-order valence-corrected chi connectivity index (χ2v) is 6.19. The molecule has 1 atom stereocenters. The molecule has 0 heterocycles. The summed E-state index contributed by atoms with van der Waals surface area (Å²) in [6.45, 7) is 2.85. The Labute approximate surface area is 126 Å². The Morgan fingerprint density at radius 3 is 2.67 bits per heavy atom. The fraction of sp³-hybridized carbons (Fsp3) is 0.474. The number of hydrogen-bond acceptors (Lipinski definition) is 2. The van der Waals surface area contributed by atoms with Gasteiger partial charge in [-0.05, 0) is 54.9 Å². The summed E-state index contributed by atoms with van der Waals surface area (Å²) in [5, 5.41) is 12.8. The lowest BCUT2D eigenvalue weighted by molar-refractivity contribution is -0.0375. The van der Waals surface area contributed by atoms with E-state index < -0.39 is 0 Å². The minimum absolute atomic E-state index is 0.237. The molecule has 0 aromatic heterocycles. The van der Waals surface area contributed by atoms with Gasteiger partial charge < -0.3 is 9.84 Å². The zero-order valence-corrected chi connectivity index (χ0v) is 12.7. The van der Waals surface area contributed by atoms with E-state index in [0.717, 1.165) is 32.3 Å². The first-order chi connectivity index (χ1) is 10.2. The van der Waals surface area contributed by atoms with E-state index >= 15 is 0 Å². The third-order valence-electron chi connectivity index (χ3n) is 4.49. The first kappa shape index (κ1) is 14.6. The van der Waals surface area contributed by atoms with Crippen LogP contribution in [0.1, 0.15) is 31.7 Å². The Morgan fingerprint density at radius 1 is 1.14 bits per heavy atom. The summed E-state index contributed by atoms with van der Waals surface area (Å²) in [5.74, 6) is 0.636. The zero-order chi connectivity index (χ0) is 14.7. The topological polar surface area (TPSA) is 29.5 Å². The summed E-state index contributed by atoms with van der Waals surface area (Å²) in [7, 11) is 0. The number of aliphatic hydroxyl groups excluding tert-OH is 1. The molecule has 1 aliphatic carbocycles. The third kappa shape index (κ3) is 3.63. The minimum atomic E-state index is -0.237. The molecular formula is C19H24O2. The minimum Gasteiger partial charge on any atom is -0.393 e. The fourth-order valence-corrected chi connectivity index (χ4v) is 3.34. The highest BCUT2D eigenvalue weighted by molar-refractivity contribution is 5.82. The highest BCUT2D eigenvalue weighted by atomic mass is 16.5. The molecule has 1 unspecified atom stereocenters. The van der Waals surface area contributed by atoms with Gasteiger partial charge in [0.05, 0.1) is 12.2 Å². The van der Waals surface area contributed by atoms with Crippen molar-refractivity contribution in [2.24, 2.45) is 5.92 Å². The first-order valence-electron chi connectivity index (χ1n) is 8.02. The van der Waals surface area contributed by atoms with Gasteiger partial charge in [0.15, 0.2) is 0 Å². The average Bonchev–Trinajstić information content (AvgIpc) is 2.45. The Kier molecular flexibility index (Phi) is 4.57. The van der Waals surface area contributed by atoms with Gasteiger partial charge in [-0.15, -0.1) is 0 Å². The van der Waals surface area contributed by atoms with E-state index in [4.69, 9.17) is 4.74 Å². The van der Waals surface area contributed by atoms with Gasteiger partial charge in [-0.1, -0.05) is 42.5 Å². The van der Waals surface area contributed by atoms with Crippen molar-refractivity contribution in [2.45, 2.75) is 44.8 Å². The van der Waals surface area contributed by atoms with Crippen molar-refractivity contribution in [2.75, 3.05) is 6.61 Å². The molecule has 0 radical (unpaired) electrons. The summed E-state index contributed by atoms with van der Waals surface area (Å²) < 4.78 is 5.57. The summed E-state index contributed by atoms with van der Waals surface area (Å²) in [5.41, 5.74) is 1.22. The van der Waals surface area contributed by atoms with Crippen LogP contribution in [-0.4, -0.2) is 23.9 Å². The van der Waals surface area contributed by atoms with Crippen LogP contribution in [0, 0.1) is 5.92 Å². The lowest BCUT2D eigenvalue weighted by atomic mass is 9.78. The normalized spacial score (nSPS) is 23.0. The molecule has 0 amide bonds. The van der Waals surface area contributed by atoms with Gasteiger partial charge in [0.25, 0.3) is 0 Å². The fourth-order valence-electron chi connectivity index (χ4n) is 3.34. The smallest absolute Gasteiger partial charge is 0.0583 e. The average molecular weight is 284 g/mol. The van der Waals surface area contributed by atoms with Crippen LogP contribution in [0.25, 0.3) is 10.8 Å². The predicted octanol–water partition coefficient (Wildman–Crippen LogP) is 3.95. The molecule has 21 heavy (non-hydrogen) atoms. The molecule has 2 aromatic rings. The molecule has 2 nitrogen and oxygen atoms in total. The standard InChI is InChI=1S/C19H24O2/c1-2-21-19-12-15(13-19)11-18(20)10-14-7-8-16-5-3-4-6-17(16)9-14/h3-9,15,18-20H,2,10-13H2,1H3. The van der Waals surface area contributed by atoms with Crippen LogP contribution in [0.15, 0.2) is 42.5 Å². The van der Waals surface area contributed by atoms with E-state index in [2.05, 4.69) is 42.5 Å². The van der Waals surface area contributed by atoms with Crippen LogP contribution in [0.5, 0.6) is 0 Å². The molecule has 1 saturated carbocycles. The molecule has 3 rings (SSSR count). The van der Waals surface area contributed by atoms with Crippen molar-refractivity contribution >= 4 is 10.8 Å². The molecule has 1 fully saturated rings. The Hall–Kier alpha value is -1.38. The van der Waals surface area contributed by atoms with E-state index in [1.54, 1.807) is 0 Å². The van der Waals surface area contributed by atoms with Crippen molar-refractivity contribution in [1.29, 1.82) is 0 Å². The van der Waals surface area contributed by atoms with Crippen LogP contribution in [0.3, 0.4) is 0 Å². The number of ether oxygens (including phenoxy) is 1. The highest BCUT2D eigenvalue weighted by Gasteiger charge is 2.30. The quantitative estimate of drug-likeness (QED) is 0.870. The molecule has 2 aromatic carbocycles. The highest BCUT2D eigenvalue weighted by Crippen LogP contribution is 2.34.